The van der Waals surface area contributed by atoms with Gasteiger partial charge in [-0.3, -0.25) is 4.79 Å². The molecule has 2 heterocycles. The Hall–Kier alpha value is -1.55. The lowest BCUT2D eigenvalue weighted by atomic mass is 10.1. The molecule has 180 valence electrons. The van der Waals surface area contributed by atoms with Crippen molar-refractivity contribution in [3.8, 4) is 5.75 Å². The molecule has 0 bridgehead atoms. The van der Waals surface area contributed by atoms with Gasteiger partial charge in [-0.1, -0.05) is 6.42 Å². The third-order valence-corrected chi connectivity index (χ3v) is 7.67. The Bertz CT molecular complexity index is 853. The van der Waals surface area contributed by atoms with E-state index in [0.717, 1.165) is 37.8 Å². The number of alkyl halides is 1. The topological polar surface area (TPSA) is 88.2 Å². The van der Waals surface area contributed by atoms with E-state index in [4.69, 9.17) is 21.1 Å². The van der Waals surface area contributed by atoms with Crippen molar-refractivity contribution in [3.63, 3.8) is 0 Å². The van der Waals surface area contributed by atoms with Gasteiger partial charge in [0.2, 0.25) is 15.9 Å². The van der Waals surface area contributed by atoms with E-state index in [1.54, 1.807) is 25.3 Å². The Morgan fingerprint density at radius 3 is 2.66 bits per heavy atom. The highest BCUT2D eigenvalue weighted by atomic mass is 35.5. The molecular formula is C22H34ClN3O5S. The number of amides is 1. The first kappa shape index (κ1) is 25.1. The normalized spacial score (nSPS) is 19.4. The number of unbranched alkanes of at least 4 members (excludes halogenated alkanes) is 2. The molecule has 2 aliphatic heterocycles. The lowest BCUT2D eigenvalue weighted by Crippen LogP contribution is -2.48. The van der Waals surface area contributed by atoms with Crippen molar-refractivity contribution in [1.82, 2.24) is 9.62 Å². The predicted molar refractivity (Wildman–Crippen MR) is 125 cm³/mol. The number of anilines is 1. The first-order valence-electron chi connectivity index (χ1n) is 11.3. The molecule has 2 fully saturated rings. The fourth-order valence-electron chi connectivity index (χ4n) is 4.08. The van der Waals surface area contributed by atoms with Gasteiger partial charge in [0.15, 0.2) is 0 Å². The molecule has 0 saturated carbocycles. The van der Waals surface area contributed by atoms with Gasteiger partial charge in [-0.15, -0.1) is 11.6 Å². The minimum Gasteiger partial charge on any atom is -0.495 e. The zero-order chi connectivity index (χ0) is 23.0. The summed E-state index contributed by atoms with van der Waals surface area (Å²) in [4.78, 5) is 16.6. The molecule has 1 amide bonds. The summed E-state index contributed by atoms with van der Waals surface area (Å²) in [7, 11) is -2.09. The van der Waals surface area contributed by atoms with Gasteiger partial charge < -0.3 is 19.3 Å². The molecular weight excluding hydrogens is 454 g/mol. The highest BCUT2D eigenvalue weighted by molar-refractivity contribution is 7.89. The number of sulfonamides is 1. The quantitative estimate of drug-likeness (QED) is 0.381. The van der Waals surface area contributed by atoms with Gasteiger partial charge in [0, 0.05) is 51.6 Å². The van der Waals surface area contributed by atoms with E-state index in [-0.39, 0.29) is 23.5 Å². The van der Waals surface area contributed by atoms with E-state index in [2.05, 4.69) is 9.62 Å². The summed E-state index contributed by atoms with van der Waals surface area (Å²) in [5, 5.41) is 0. The first-order chi connectivity index (χ1) is 15.4. The maximum absolute atomic E-state index is 12.8. The van der Waals surface area contributed by atoms with E-state index in [1.807, 2.05) is 4.90 Å². The molecule has 0 radical (unpaired) electrons. The number of nitrogens with zero attached hydrogens (tertiary/aromatic N) is 2. The highest BCUT2D eigenvalue weighted by Gasteiger charge is 2.25. The van der Waals surface area contributed by atoms with Crippen LogP contribution in [0.2, 0.25) is 0 Å². The number of nitrogens with one attached hydrogen (secondary N) is 1. The zero-order valence-corrected chi connectivity index (χ0v) is 20.3. The van der Waals surface area contributed by atoms with Crippen LogP contribution < -0.4 is 14.4 Å². The number of hydrogen-bond acceptors (Lipinski definition) is 6. The van der Waals surface area contributed by atoms with Crippen LogP contribution in [0, 0.1) is 0 Å². The van der Waals surface area contributed by atoms with E-state index in [9.17, 15) is 13.2 Å². The van der Waals surface area contributed by atoms with Crippen LogP contribution in [0.3, 0.4) is 0 Å². The second-order valence-corrected chi connectivity index (χ2v) is 10.3. The fraction of sp³-hybridized carbons (Fsp3) is 0.682. The Labute approximate surface area is 196 Å². The lowest BCUT2D eigenvalue weighted by molar-refractivity contribution is -0.131. The largest absolute Gasteiger partial charge is 0.495 e. The number of rotatable bonds is 11. The molecule has 2 aliphatic rings. The molecule has 1 aromatic rings. The van der Waals surface area contributed by atoms with Crippen LogP contribution in [0.5, 0.6) is 5.75 Å². The van der Waals surface area contributed by atoms with Crippen LogP contribution in [0.1, 0.15) is 38.5 Å². The number of halogens is 1. The molecule has 3 rings (SSSR count). The summed E-state index contributed by atoms with van der Waals surface area (Å²) in [6.07, 6.45) is 5.07. The number of methoxy groups -OCH3 is 1. The summed E-state index contributed by atoms with van der Waals surface area (Å²) < 4.78 is 39.3. The van der Waals surface area contributed by atoms with Gasteiger partial charge in [-0.05, 0) is 43.9 Å². The molecule has 10 heteroatoms. The second kappa shape index (κ2) is 12.1. The summed E-state index contributed by atoms with van der Waals surface area (Å²) in [6.45, 7) is 3.40. The Balaban J connectivity index is 1.61. The monoisotopic (exact) mass is 487 g/mol. The van der Waals surface area contributed by atoms with Crippen molar-refractivity contribution in [1.29, 1.82) is 0 Å². The first-order valence-corrected chi connectivity index (χ1v) is 13.3. The standard InChI is InChI=1S/C22H34ClN3O5S/c1-30-21-9-8-19(32(28,29)24-17-18-6-5-15-31-18)16-20(21)25-11-13-26(14-12-25)22(27)7-3-2-4-10-23/h8-9,16,18,24H,2-7,10-15,17H2,1H3/t18-/m0/s1. The van der Waals surface area contributed by atoms with Crippen LogP contribution in [0.4, 0.5) is 5.69 Å². The Morgan fingerprint density at radius 2 is 2.00 bits per heavy atom. The summed E-state index contributed by atoms with van der Waals surface area (Å²) in [5.74, 6) is 1.41. The molecule has 2 saturated heterocycles. The van der Waals surface area contributed by atoms with Crippen LogP contribution in [0.15, 0.2) is 23.1 Å². The van der Waals surface area contributed by atoms with Gasteiger partial charge >= 0.3 is 0 Å². The van der Waals surface area contributed by atoms with Gasteiger partial charge in [-0.25, -0.2) is 13.1 Å². The minimum atomic E-state index is -3.66. The Kier molecular flexibility index (Phi) is 9.46. The molecule has 1 atom stereocenters. The van der Waals surface area contributed by atoms with Crippen molar-refractivity contribution >= 4 is 33.2 Å². The molecule has 0 aromatic heterocycles. The Morgan fingerprint density at radius 1 is 1.22 bits per heavy atom. The maximum Gasteiger partial charge on any atom is 0.240 e. The molecule has 32 heavy (non-hydrogen) atoms. The number of ether oxygens (including phenoxy) is 2. The number of piperazine rings is 1. The number of benzene rings is 1. The summed E-state index contributed by atoms with van der Waals surface area (Å²) in [6, 6.07) is 4.89. The van der Waals surface area contributed by atoms with Crippen LogP contribution in [0.25, 0.3) is 0 Å². The van der Waals surface area contributed by atoms with E-state index in [1.165, 1.54) is 0 Å². The maximum atomic E-state index is 12.8. The van der Waals surface area contributed by atoms with Crippen LogP contribution in [-0.4, -0.2) is 77.6 Å². The smallest absolute Gasteiger partial charge is 0.240 e. The predicted octanol–water partition coefficient (Wildman–Crippen LogP) is 2.60. The molecule has 0 aliphatic carbocycles. The average Bonchev–Trinajstić information content (AvgIpc) is 3.34. The molecule has 0 unspecified atom stereocenters. The van der Waals surface area contributed by atoms with Gasteiger partial charge in [0.1, 0.15) is 5.75 Å². The molecule has 8 nitrogen and oxygen atoms in total. The van der Waals surface area contributed by atoms with Crippen LogP contribution in [-0.2, 0) is 19.6 Å². The van der Waals surface area contributed by atoms with Crippen LogP contribution >= 0.6 is 11.6 Å². The zero-order valence-electron chi connectivity index (χ0n) is 18.7. The average molecular weight is 488 g/mol. The summed E-state index contributed by atoms with van der Waals surface area (Å²) >= 11 is 5.69. The number of carbonyl (C=O) groups excluding carboxylic acids is 1. The van der Waals surface area contributed by atoms with Crippen molar-refractivity contribution in [3.05, 3.63) is 18.2 Å². The van der Waals surface area contributed by atoms with E-state index < -0.39 is 10.0 Å². The molecule has 1 aromatic carbocycles. The van der Waals surface area contributed by atoms with Gasteiger partial charge in [-0.2, -0.15) is 0 Å². The van der Waals surface area contributed by atoms with Crippen molar-refractivity contribution in [2.24, 2.45) is 0 Å². The summed E-state index contributed by atoms with van der Waals surface area (Å²) in [5.41, 5.74) is 0.724. The van der Waals surface area contributed by atoms with Crippen molar-refractivity contribution in [2.75, 3.05) is 57.2 Å². The molecule has 1 N–H and O–H groups in total. The van der Waals surface area contributed by atoms with Gasteiger partial charge in [0.05, 0.1) is 23.8 Å². The van der Waals surface area contributed by atoms with Gasteiger partial charge in [0.25, 0.3) is 0 Å². The van der Waals surface area contributed by atoms with E-state index in [0.29, 0.717) is 50.8 Å². The van der Waals surface area contributed by atoms with E-state index >= 15 is 0 Å². The lowest BCUT2D eigenvalue weighted by Gasteiger charge is -2.37. The third-order valence-electron chi connectivity index (χ3n) is 5.98. The SMILES string of the molecule is COc1ccc(S(=O)(=O)NC[C@@H]2CCCO2)cc1N1CCN(C(=O)CCCCCCl)CC1. The number of carbonyl (C=O) groups is 1. The highest BCUT2D eigenvalue weighted by Crippen LogP contribution is 2.32. The van der Waals surface area contributed by atoms with Crippen molar-refractivity contribution < 1.29 is 22.7 Å². The minimum absolute atomic E-state index is 0.0666. The van der Waals surface area contributed by atoms with Crippen molar-refractivity contribution in [2.45, 2.75) is 49.5 Å². The molecule has 0 spiro atoms. The second-order valence-electron chi connectivity index (χ2n) is 8.19. The number of hydrogen-bond donors (Lipinski definition) is 1. The third kappa shape index (κ3) is 6.73. The fourth-order valence-corrected chi connectivity index (χ4v) is 5.35.